The molecule has 1 aliphatic heterocycles. The molecule has 100 valence electrons. The van der Waals surface area contributed by atoms with Gasteiger partial charge in [-0.05, 0) is 24.1 Å². The van der Waals surface area contributed by atoms with Crippen LogP contribution in [0, 0.1) is 5.82 Å². The average molecular weight is 261 g/mol. The molecule has 2 atom stereocenters. The summed E-state index contributed by atoms with van der Waals surface area (Å²) in [6.07, 6.45) is 4.71. The van der Waals surface area contributed by atoms with E-state index in [9.17, 15) is 9.50 Å². The quantitative estimate of drug-likeness (QED) is 0.882. The van der Waals surface area contributed by atoms with E-state index in [1.54, 1.807) is 18.3 Å². The number of hydrogen-bond donors (Lipinski definition) is 2. The van der Waals surface area contributed by atoms with Crippen molar-refractivity contribution in [3.63, 3.8) is 0 Å². The van der Waals surface area contributed by atoms with Gasteiger partial charge in [-0.15, -0.1) is 0 Å². The van der Waals surface area contributed by atoms with Crippen molar-refractivity contribution in [2.45, 2.75) is 25.0 Å². The number of aromatic nitrogens is 2. The summed E-state index contributed by atoms with van der Waals surface area (Å²) < 4.78 is 15.0. The number of nitrogens with zero attached hydrogens (tertiary/aromatic N) is 2. The third kappa shape index (κ3) is 2.39. The smallest absolute Gasteiger partial charge is 0.125 e. The van der Waals surface area contributed by atoms with Crippen molar-refractivity contribution in [3.8, 4) is 0 Å². The van der Waals surface area contributed by atoms with Gasteiger partial charge in [0.25, 0.3) is 0 Å². The number of aryl methyl sites for hydroxylation is 1. The van der Waals surface area contributed by atoms with Crippen LogP contribution in [0.15, 0.2) is 36.7 Å². The van der Waals surface area contributed by atoms with Gasteiger partial charge in [-0.3, -0.25) is 5.32 Å². The van der Waals surface area contributed by atoms with E-state index in [0.29, 0.717) is 0 Å². The topological polar surface area (TPSA) is 50.1 Å². The Kier molecular flexibility index (Phi) is 3.31. The molecule has 0 amide bonds. The zero-order valence-corrected chi connectivity index (χ0v) is 10.5. The van der Waals surface area contributed by atoms with Crippen molar-refractivity contribution in [2.24, 2.45) is 0 Å². The first kappa shape index (κ1) is 12.3. The molecule has 1 aliphatic rings. The van der Waals surface area contributed by atoms with Gasteiger partial charge in [-0.1, -0.05) is 12.1 Å². The Labute approximate surface area is 110 Å². The van der Waals surface area contributed by atoms with Crippen LogP contribution in [0.25, 0.3) is 0 Å². The van der Waals surface area contributed by atoms with Crippen LogP contribution in [-0.2, 0) is 6.54 Å². The van der Waals surface area contributed by atoms with Gasteiger partial charge in [0.05, 0.1) is 18.7 Å². The van der Waals surface area contributed by atoms with Crippen LogP contribution >= 0.6 is 0 Å². The van der Waals surface area contributed by atoms with Gasteiger partial charge >= 0.3 is 0 Å². The van der Waals surface area contributed by atoms with E-state index in [1.165, 1.54) is 12.1 Å². The highest BCUT2D eigenvalue weighted by molar-refractivity contribution is 5.21. The first-order valence-corrected chi connectivity index (χ1v) is 6.41. The maximum atomic E-state index is 12.9. The Bertz CT molecular complexity index is 552. The largest absolute Gasteiger partial charge is 0.394 e. The van der Waals surface area contributed by atoms with Crippen LogP contribution in [0.1, 0.15) is 29.9 Å². The van der Waals surface area contributed by atoms with Crippen molar-refractivity contribution in [3.05, 3.63) is 53.9 Å². The first-order valence-electron chi connectivity index (χ1n) is 6.41. The molecule has 0 aliphatic carbocycles. The zero-order chi connectivity index (χ0) is 13.2. The lowest BCUT2D eigenvalue weighted by Crippen LogP contribution is -2.28. The fourth-order valence-corrected chi connectivity index (χ4v) is 2.57. The van der Waals surface area contributed by atoms with Gasteiger partial charge in [0, 0.05) is 18.9 Å². The molecule has 2 heterocycles. The summed E-state index contributed by atoms with van der Waals surface area (Å²) >= 11 is 0. The number of benzene rings is 1. The van der Waals surface area contributed by atoms with E-state index in [4.69, 9.17) is 0 Å². The van der Waals surface area contributed by atoms with E-state index in [0.717, 1.165) is 24.4 Å². The number of halogens is 1. The average Bonchev–Trinajstić information content (AvgIpc) is 3.01. The highest BCUT2D eigenvalue weighted by atomic mass is 19.1. The van der Waals surface area contributed by atoms with Crippen LogP contribution in [0.4, 0.5) is 4.39 Å². The van der Waals surface area contributed by atoms with E-state index in [1.807, 2.05) is 6.20 Å². The van der Waals surface area contributed by atoms with Crippen molar-refractivity contribution in [1.82, 2.24) is 14.9 Å². The summed E-state index contributed by atoms with van der Waals surface area (Å²) in [6, 6.07) is 6.16. The maximum absolute atomic E-state index is 12.9. The minimum atomic E-state index is -0.267. The van der Waals surface area contributed by atoms with Gasteiger partial charge in [-0.25, -0.2) is 9.37 Å². The summed E-state index contributed by atoms with van der Waals surface area (Å²) in [6.45, 7) is 0.914. The van der Waals surface area contributed by atoms with Crippen LogP contribution in [0.5, 0.6) is 0 Å². The Morgan fingerprint density at radius 1 is 1.42 bits per heavy atom. The van der Waals surface area contributed by atoms with Crippen LogP contribution in [-0.4, -0.2) is 21.3 Å². The number of rotatable bonds is 4. The molecule has 2 aromatic rings. The number of aliphatic hydroxyl groups excluding tert-OH is 1. The van der Waals surface area contributed by atoms with Crippen LogP contribution in [0.2, 0.25) is 0 Å². The molecule has 5 heteroatoms. The van der Waals surface area contributed by atoms with Gasteiger partial charge in [-0.2, -0.15) is 0 Å². The van der Waals surface area contributed by atoms with E-state index >= 15 is 0 Å². The molecule has 0 spiro atoms. The van der Waals surface area contributed by atoms with Gasteiger partial charge < -0.3 is 9.67 Å². The molecule has 3 rings (SSSR count). The number of imidazole rings is 1. The molecule has 19 heavy (non-hydrogen) atoms. The monoisotopic (exact) mass is 261 g/mol. The molecule has 0 radical (unpaired) electrons. The molecule has 2 unspecified atom stereocenters. The summed E-state index contributed by atoms with van der Waals surface area (Å²) in [7, 11) is 0. The third-order valence-corrected chi connectivity index (χ3v) is 3.58. The van der Waals surface area contributed by atoms with Crippen LogP contribution in [0.3, 0.4) is 0 Å². The second-order valence-electron chi connectivity index (χ2n) is 4.77. The zero-order valence-electron chi connectivity index (χ0n) is 10.5. The molecule has 0 saturated heterocycles. The predicted octanol–water partition coefficient (Wildman–Crippen LogP) is 1.79. The van der Waals surface area contributed by atoms with Gasteiger partial charge in [0.2, 0.25) is 0 Å². The lowest BCUT2D eigenvalue weighted by molar-refractivity contribution is 0.232. The van der Waals surface area contributed by atoms with Crippen LogP contribution < -0.4 is 5.32 Å². The normalized spacial score (nSPS) is 19.4. The molecule has 4 nitrogen and oxygen atoms in total. The second kappa shape index (κ2) is 5.11. The van der Waals surface area contributed by atoms with E-state index < -0.39 is 0 Å². The Morgan fingerprint density at radius 3 is 2.95 bits per heavy atom. The Balaban J connectivity index is 1.76. The fourth-order valence-electron chi connectivity index (χ4n) is 2.57. The van der Waals surface area contributed by atoms with Crippen molar-refractivity contribution in [1.29, 1.82) is 0 Å². The predicted molar refractivity (Wildman–Crippen MR) is 68.9 cm³/mol. The van der Waals surface area contributed by atoms with Crippen molar-refractivity contribution < 1.29 is 9.50 Å². The third-order valence-electron chi connectivity index (χ3n) is 3.58. The summed E-state index contributed by atoms with van der Waals surface area (Å²) in [5, 5.41) is 12.9. The lowest BCUT2D eigenvalue weighted by atomic mass is 10.1. The SMILES string of the molecule is OCC(NC1CCn2ccnc21)c1ccc(F)cc1. The standard InChI is InChI=1S/C14H16FN3O/c15-11-3-1-10(2-4-11)13(9-19)17-12-5-7-18-8-6-16-14(12)18/h1-4,6,8,12-13,17,19H,5,7,9H2. The summed E-state index contributed by atoms with van der Waals surface area (Å²) in [4.78, 5) is 4.33. The molecular weight excluding hydrogens is 245 g/mol. The number of aliphatic hydroxyl groups is 1. The summed E-state index contributed by atoms with van der Waals surface area (Å²) in [5.74, 6) is 0.734. The second-order valence-corrected chi connectivity index (χ2v) is 4.77. The van der Waals surface area contributed by atoms with Gasteiger partial charge in [0.1, 0.15) is 11.6 Å². The van der Waals surface area contributed by atoms with E-state index in [-0.39, 0.29) is 24.5 Å². The molecular formula is C14H16FN3O. The lowest BCUT2D eigenvalue weighted by Gasteiger charge is -2.21. The Hall–Kier alpha value is -1.72. The van der Waals surface area contributed by atoms with Gasteiger partial charge in [0.15, 0.2) is 0 Å². The minimum Gasteiger partial charge on any atom is -0.394 e. The highest BCUT2D eigenvalue weighted by Crippen LogP contribution is 2.27. The van der Waals surface area contributed by atoms with Crippen molar-refractivity contribution >= 4 is 0 Å². The van der Waals surface area contributed by atoms with E-state index in [2.05, 4.69) is 14.9 Å². The minimum absolute atomic E-state index is 0.0250. The molecule has 0 bridgehead atoms. The Morgan fingerprint density at radius 2 is 2.21 bits per heavy atom. The number of nitrogens with one attached hydrogen (secondary N) is 1. The summed E-state index contributed by atoms with van der Waals surface area (Å²) in [5.41, 5.74) is 0.883. The number of fused-ring (bicyclic) bond motifs is 1. The molecule has 1 aromatic heterocycles. The van der Waals surface area contributed by atoms with Crippen molar-refractivity contribution in [2.75, 3.05) is 6.61 Å². The molecule has 1 aromatic carbocycles. The number of hydrogen-bond acceptors (Lipinski definition) is 3. The molecule has 2 N–H and O–H groups in total. The first-order chi connectivity index (χ1) is 9.28. The molecule has 0 saturated carbocycles. The highest BCUT2D eigenvalue weighted by Gasteiger charge is 2.26. The fraction of sp³-hybridized carbons (Fsp3) is 0.357. The molecule has 0 fully saturated rings. The maximum Gasteiger partial charge on any atom is 0.125 e.